The second-order valence-electron chi connectivity index (χ2n) is 2.74. The quantitative estimate of drug-likeness (QED) is 0.447. The summed E-state index contributed by atoms with van der Waals surface area (Å²) in [6, 6.07) is 0. The van der Waals surface area contributed by atoms with E-state index in [2.05, 4.69) is 0 Å². The van der Waals surface area contributed by atoms with Gasteiger partial charge in [-0.15, -0.1) is 0 Å². The van der Waals surface area contributed by atoms with Gasteiger partial charge in [-0.2, -0.15) is 0 Å². The lowest BCUT2D eigenvalue weighted by Gasteiger charge is -2.10. The fourth-order valence-corrected chi connectivity index (χ4v) is 0.985. The van der Waals surface area contributed by atoms with Crippen LogP contribution in [-0.4, -0.2) is 42.5 Å². The van der Waals surface area contributed by atoms with Crippen LogP contribution in [0, 0.1) is 5.92 Å². The van der Waals surface area contributed by atoms with E-state index in [0.717, 1.165) is 0 Å². The van der Waals surface area contributed by atoms with Crippen LogP contribution in [0.5, 0.6) is 0 Å². The van der Waals surface area contributed by atoms with Gasteiger partial charge >= 0.3 is 5.97 Å². The standard InChI is InChI=1S/C8H17NO4/c9-3-1-7(8(11)12)2-5-13-6-4-10/h7,10H,1-6,9H2,(H,11,12). The number of hydrogen-bond acceptors (Lipinski definition) is 4. The highest BCUT2D eigenvalue weighted by Crippen LogP contribution is 2.07. The first-order valence-corrected chi connectivity index (χ1v) is 4.33. The predicted octanol–water partition coefficient (Wildman–Crippen LogP) is -0.565. The van der Waals surface area contributed by atoms with Crippen LogP contribution in [0.1, 0.15) is 12.8 Å². The average molecular weight is 191 g/mol. The summed E-state index contributed by atoms with van der Waals surface area (Å²) in [5.41, 5.74) is 5.25. The minimum absolute atomic E-state index is 0.0331. The molecule has 1 atom stereocenters. The van der Waals surface area contributed by atoms with Crippen molar-refractivity contribution in [3.63, 3.8) is 0 Å². The van der Waals surface area contributed by atoms with Crippen molar-refractivity contribution >= 4 is 5.97 Å². The molecule has 0 saturated carbocycles. The number of carboxylic acids is 1. The molecule has 1 unspecified atom stereocenters. The van der Waals surface area contributed by atoms with Gasteiger partial charge in [-0.05, 0) is 19.4 Å². The van der Waals surface area contributed by atoms with Gasteiger partial charge in [0.25, 0.3) is 0 Å². The lowest BCUT2D eigenvalue weighted by atomic mass is 10.0. The first-order valence-electron chi connectivity index (χ1n) is 4.33. The second-order valence-corrected chi connectivity index (χ2v) is 2.74. The van der Waals surface area contributed by atoms with E-state index in [1.54, 1.807) is 0 Å². The maximum absolute atomic E-state index is 10.6. The Morgan fingerprint density at radius 3 is 2.54 bits per heavy atom. The number of aliphatic hydroxyl groups is 1. The highest BCUT2D eigenvalue weighted by atomic mass is 16.5. The average Bonchev–Trinajstić information content (AvgIpc) is 2.10. The molecule has 0 aromatic heterocycles. The molecule has 5 heteroatoms. The van der Waals surface area contributed by atoms with E-state index in [4.69, 9.17) is 20.7 Å². The Kier molecular flexibility index (Phi) is 7.57. The van der Waals surface area contributed by atoms with Crippen molar-refractivity contribution in [3.8, 4) is 0 Å². The molecule has 4 N–H and O–H groups in total. The van der Waals surface area contributed by atoms with Crippen LogP contribution in [0.15, 0.2) is 0 Å². The third-order valence-electron chi connectivity index (χ3n) is 1.71. The fourth-order valence-electron chi connectivity index (χ4n) is 0.985. The highest BCUT2D eigenvalue weighted by Gasteiger charge is 2.15. The van der Waals surface area contributed by atoms with Gasteiger partial charge in [0.1, 0.15) is 0 Å². The molecular weight excluding hydrogens is 174 g/mol. The number of ether oxygens (including phenoxy) is 1. The molecule has 0 aromatic rings. The van der Waals surface area contributed by atoms with Gasteiger partial charge in [0, 0.05) is 6.61 Å². The Bertz CT molecular complexity index is 140. The van der Waals surface area contributed by atoms with E-state index in [0.29, 0.717) is 26.0 Å². The molecule has 5 nitrogen and oxygen atoms in total. The number of aliphatic carboxylic acids is 1. The number of carboxylic acid groups (broad SMARTS) is 1. The molecule has 0 aromatic carbocycles. The molecule has 0 amide bonds. The van der Waals surface area contributed by atoms with Crippen LogP contribution in [0.25, 0.3) is 0 Å². The Morgan fingerprint density at radius 2 is 2.08 bits per heavy atom. The molecule has 0 aliphatic rings. The molecule has 0 saturated heterocycles. The molecule has 0 spiro atoms. The fraction of sp³-hybridized carbons (Fsp3) is 0.875. The summed E-state index contributed by atoms with van der Waals surface area (Å²) in [5.74, 6) is -1.26. The highest BCUT2D eigenvalue weighted by molar-refractivity contribution is 5.69. The second kappa shape index (κ2) is 7.97. The summed E-state index contributed by atoms with van der Waals surface area (Å²) in [7, 11) is 0. The van der Waals surface area contributed by atoms with E-state index < -0.39 is 11.9 Å². The number of hydrogen-bond donors (Lipinski definition) is 3. The molecule has 0 rings (SSSR count). The monoisotopic (exact) mass is 191 g/mol. The van der Waals surface area contributed by atoms with E-state index in [9.17, 15) is 4.79 Å². The molecule has 0 aliphatic carbocycles. The van der Waals surface area contributed by atoms with E-state index >= 15 is 0 Å². The lowest BCUT2D eigenvalue weighted by Crippen LogP contribution is -2.20. The van der Waals surface area contributed by atoms with Gasteiger partial charge in [0.15, 0.2) is 0 Å². The minimum atomic E-state index is -0.835. The zero-order valence-corrected chi connectivity index (χ0v) is 7.61. The van der Waals surface area contributed by atoms with Crippen LogP contribution in [0.4, 0.5) is 0 Å². The van der Waals surface area contributed by atoms with Gasteiger partial charge in [-0.1, -0.05) is 0 Å². The van der Waals surface area contributed by atoms with Crippen molar-refractivity contribution in [2.24, 2.45) is 11.7 Å². The Hall–Kier alpha value is -0.650. The van der Waals surface area contributed by atoms with Gasteiger partial charge in [0.2, 0.25) is 0 Å². The molecule has 78 valence electrons. The zero-order chi connectivity index (χ0) is 10.1. The third kappa shape index (κ3) is 6.51. The van der Waals surface area contributed by atoms with Crippen molar-refractivity contribution in [2.45, 2.75) is 12.8 Å². The van der Waals surface area contributed by atoms with Crippen LogP contribution >= 0.6 is 0 Å². The van der Waals surface area contributed by atoms with Crippen molar-refractivity contribution in [3.05, 3.63) is 0 Å². The van der Waals surface area contributed by atoms with E-state index in [1.165, 1.54) is 0 Å². The molecule has 0 fully saturated rings. The van der Waals surface area contributed by atoms with E-state index in [-0.39, 0.29) is 13.2 Å². The van der Waals surface area contributed by atoms with Gasteiger partial charge < -0.3 is 20.7 Å². The van der Waals surface area contributed by atoms with Crippen LogP contribution in [0.3, 0.4) is 0 Å². The van der Waals surface area contributed by atoms with E-state index in [1.807, 2.05) is 0 Å². The maximum atomic E-state index is 10.6. The first-order chi connectivity index (χ1) is 6.22. The number of aliphatic hydroxyl groups excluding tert-OH is 1. The summed E-state index contributed by atoms with van der Waals surface area (Å²) in [5, 5.41) is 17.1. The molecular formula is C8H17NO4. The van der Waals surface area contributed by atoms with Crippen molar-refractivity contribution in [2.75, 3.05) is 26.4 Å². The van der Waals surface area contributed by atoms with Gasteiger partial charge in [-0.3, -0.25) is 4.79 Å². The summed E-state index contributed by atoms with van der Waals surface area (Å²) in [4.78, 5) is 10.6. The van der Waals surface area contributed by atoms with Crippen LogP contribution < -0.4 is 5.73 Å². The number of nitrogens with two attached hydrogens (primary N) is 1. The molecule has 0 bridgehead atoms. The third-order valence-corrected chi connectivity index (χ3v) is 1.71. The normalized spacial score (nSPS) is 12.8. The summed E-state index contributed by atoms with van der Waals surface area (Å²) in [6.45, 7) is 0.956. The summed E-state index contributed by atoms with van der Waals surface area (Å²) >= 11 is 0. The minimum Gasteiger partial charge on any atom is -0.481 e. The Balaban J connectivity index is 3.51. The SMILES string of the molecule is NCCC(CCOCCO)C(=O)O. The van der Waals surface area contributed by atoms with Crippen LogP contribution in [-0.2, 0) is 9.53 Å². The van der Waals surface area contributed by atoms with Crippen molar-refractivity contribution in [1.82, 2.24) is 0 Å². The number of carbonyl (C=O) groups is 1. The summed E-state index contributed by atoms with van der Waals surface area (Å²) in [6.07, 6.45) is 0.921. The van der Waals surface area contributed by atoms with Crippen molar-refractivity contribution < 1.29 is 19.7 Å². The Labute approximate surface area is 77.5 Å². The Morgan fingerprint density at radius 1 is 1.38 bits per heavy atom. The zero-order valence-electron chi connectivity index (χ0n) is 7.61. The predicted molar refractivity (Wildman–Crippen MR) is 47.3 cm³/mol. The molecule has 13 heavy (non-hydrogen) atoms. The van der Waals surface area contributed by atoms with Crippen LogP contribution in [0.2, 0.25) is 0 Å². The van der Waals surface area contributed by atoms with Crippen molar-refractivity contribution in [1.29, 1.82) is 0 Å². The molecule has 0 aliphatic heterocycles. The lowest BCUT2D eigenvalue weighted by molar-refractivity contribution is -0.142. The van der Waals surface area contributed by atoms with Gasteiger partial charge in [-0.25, -0.2) is 0 Å². The molecule has 0 heterocycles. The van der Waals surface area contributed by atoms with Gasteiger partial charge in [0.05, 0.1) is 19.1 Å². The number of rotatable bonds is 8. The molecule has 0 radical (unpaired) electrons. The maximum Gasteiger partial charge on any atom is 0.306 e. The first kappa shape index (κ1) is 12.3. The topological polar surface area (TPSA) is 92.8 Å². The largest absolute Gasteiger partial charge is 0.481 e. The summed E-state index contributed by atoms with van der Waals surface area (Å²) < 4.78 is 4.96. The smallest absolute Gasteiger partial charge is 0.306 e.